The van der Waals surface area contributed by atoms with Crippen LogP contribution in [0.15, 0.2) is 24.3 Å². The number of aryl methyl sites for hydroxylation is 1. The lowest BCUT2D eigenvalue weighted by molar-refractivity contribution is 0.116. The van der Waals surface area contributed by atoms with Crippen molar-refractivity contribution in [3.05, 3.63) is 35.4 Å². The topological polar surface area (TPSA) is 32.3 Å². The molecule has 76 valence electrons. The SMILES string of the molecule is CCN[C@@H]1CCc2ccccc2[C@@H]1O. The molecular weight excluding hydrogens is 174 g/mol. The second kappa shape index (κ2) is 4.11. The summed E-state index contributed by atoms with van der Waals surface area (Å²) in [5, 5.41) is 13.4. The highest BCUT2D eigenvalue weighted by atomic mass is 16.3. The molecule has 0 bridgehead atoms. The van der Waals surface area contributed by atoms with Gasteiger partial charge in [0.25, 0.3) is 0 Å². The van der Waals surface area contributed by atoms with E-state index in [2.05, 4.69) is 18.3 Å². The molecule has 0 spiro atoms. The zero-order chi connectivity index (χ0) is 9.97. The maximum Gasteiger partial charge on any atom is 0.0945 e. The van der Waals surface area contributed by atoms with Gasteiger partial charge in [-0.15, -0.1) is 0 Å². The van der Waals surface area contributed by atoms with Gasteiger partial charge in [-0.05, 0) is 30.5 Å². The molecule has 0 saturated carbocycles. The molecule has 1 aromatic rings. The molecule has 2 atom stereocenters. The molecule has 1 aliphatic carbocycles. The first-order valence-electron chi connectivity index (χ1n) is 5.32. The smallest absolute Gasteiger partial charge is 0.0945 e. The van der Waals surface area contributed by atoms with Gasteiger partial charge in [-0.3, -0.25) is 0 Å². The molecule has 2 nitrogen and oxygen atoms in total. The Balaban J connectivity index is 2.22. The molecule has 0 fully saturated rings. The Bertz CT molecular complexity index is 311. The molecule has 2 rings (SSSR count). The molecule has 0 saturated heterocycles. The van der Waals surface area contributed by atoms with Gasteiger partial charge in [0.2, 0.25) is 0 Å². The average molecular weight is 191 g/mol. The Labute approximate surface area is 85.0 Å². The van der Waals surface area contributed by atoms with Crippen LogP contribution in [-0.2, 0) is 6.42 Å². The van der Waals surface area contributed by atoms with Gasteiger partial charge >= 0.3 is 0 Å². The average Bonchev–Trinajstić information content (AvgIpc) is 2.23. The van der Waals surface area contributed by atoms with Crippen LogP contribution in [0, 0.1) is 0 Å². The van der Waals surface area contributed by atoms with Gasteiger partial charge in [-0.1, -0.05) is 31.2 Å². The number of nitrogens with one attached hydrogen (secondary N) is 1. The lowest BCUT2D eigenvalue weighted by Gasteiger charge is -2.30. The van der Waals surface area contributed by atoms with E-state index in [4.69, 9.17) is 0 Å². The first kappa shape index (κ1) is 9.69. The van der Waals surface area contributed by atoms with Gasteiger partial charge in [0, 0.05) is 6.04 Å². The largest absolute Gasteiger partial charge is 0.387 e. The summed E-state index contributed by atoms with van der Waals surface area (Å²) < 4.78 is 0. The molecule has 2 N–H and O–H groups in total. The van der Waals surface area contributed by atoms with E-state index in [1.807, 2.05) is 18.2 Å². The summed E-state index contributed by atoms with van der Waals surface area (Å²) in [6, 6.07) is 8.41. The Morgan fingerprint density at radius 2 is 2.21 bits per heavy atom. The van der Waals surface area contributed by atoms with Gasteiger partial charge in [0.15, 0.2) is 0 Å². The second-order valence-electron chi connectivity index (χ2n) is 3.85. The standard InChI is InChI=1S/C12H17NO/c1-2-13-11-8-7-9-5-3-4-6-10(9)12(11)14/h3-6,11-14H,2,7-8H2,1H3/t11-,12+/m1/s1. The van der Waals surface area contributed by atoms with E-state index in [1.54, 1.807) is 0 Å². The van der Waals surface area contributed by atoms with Crippen molar-refractivity contribution in [1.82, 2.24) is 5.32 Å². The van der Waals surface area contributed by atoms with E-state index in [-0.39, 0.29) is 12.1 Å². The fourth-order valence-electron chi connectivity index (χ4n) is 2.21. The van der Waals surface area contributed by atoms with Crippen molar-refractivity contribution in [3.63, 3.8) is 0 Å². The number of benzene rings is 1. The van der Waals surface area contributed by atoms with Crippen molar-refractivity contribution >= 4 is 0 Å². The maximum atomic E-state index is 10.1. The predicted molar refractivity (Wildman–Crippen MR) is 57.2 cm³/mol. The van der Waals surface area contributed by atoms with Crippen LogP contribution < -0.4 is 5.32 Å². The normalized spacial score (nSPS) is 25.9. The molecular formula is C12H17NO. The Kier molecular flexibility index (Phi) is 2.85. The third-order valence-corrected chi connectivity index (χ3v) is 2.95. The van der Waals surface area contributed by atoms with Crippen LogP contribution in [0.2, 0.25) is 0 Å². The Morgan fingerprint density at radius 3 is 3.00 bits per heavy atom. The summed E-state index contributed by atoms with van der Waals surface area (Å²) >= 11 is 0. The minimum absolute atomic E-state index is 0.231. The molecule has 1 aromatic carbocycles. The third kappa shape index (κ3) is 1.68. The molecule has 0 aromatic heterocycles. The first-order valence-corrected chi connectivity index (χ1v) is 5.32. The van der Waals surface area contributed by atoms with Crippen LogP contribution in [0.5, 0.6) is 0 Å². The van der Waals surface area contributed by atoms with Crippen LogP contribution in [0.3, 0.4) is 0 Å². The molecule has 2 heteroatoms. The zero-order valence-electron chi connectivity index (χ0n) is 8.53. The van der Waals surface area contributed by atoms with Crippen molar-refractivity contribution < 1.29 is 5.11 Å². The van der Waals surface area contributed by atoms with Gasteiger partial charge in [-0.2, -0.15) is 0 Å². The van der Waals surface area contributed by atoms with E-state index in [1.165, 1.54) is 5.56 Å². The number of hydrogen-bond acceptors (Lipinski definition) is 2. The van der Waals surface area contributed by atoms with Gasteiger partial charge in [0.1, 0.15) is 0 Å². The number of aliphatic hydroxyl groups is 1. The van der Waals surface area contributed by atoms with Gasteiger partial charge in [-0.25, -0.2) is 0 Å². The summed E-state index contributed by atoms with van der Waals surface area (Å²) in [5.74, 6) is 0. The number of likely N-dealkylation sites (N-methyl/N-ethyl adjacent to an activating group) is 1. The maximum absolute atomic E-state index is 10.1. The monoisotopic (exact) mass is 191 g/mol. The van der Waals surface area contributed by atoms with E-state index >= 15 is 0 Å². The van der Waals surface area contributed by atoms with Crippen LogP contribution >= 0.6 is 0 Å². The third-order valence-electron chi connectivity index (χ3n) is 2.95. The number of rotatable bonds is 2. The predicted octanol–water partition coefficient (Wildman–Crippen LogP) is 1.64. The molecule has 0 radical (unpaired) electrons. The highest BCUT2D eigenvalue weighted by Crippen LogP contribution is 2.29. The number of fused-ring (bicyclic) bond motifs is 1. The second-order valence-corrected chi connectivity index (χ2v) is 3.85. The van der Waals surface area contributed by atoms with E-state index in [0.29, 0.717) is 0 Å². The van der Waals surface area contributed by atoms with Crippen molar-refractivity contribution in [2.24, 2.45) is 0 Å². The highest BCUT2D eigenvalue weighted by molar-refractivity contribution is 5.32. The van der Waals surface area contributed by atoms with Gasteiger partial charge in [0.05, 0.1) is 6.10 Å². The van der Waals surface area contributed by atoms with E-state index in [0.717, 1.165) is 24.9 Å². The number of aliphatic hydroxyl groups excluding tert-OH is 1. The Morgan fingerprint density at radius 1 is 1.43 bits per heavy atom. The molecule has 0 unspecified atom stereocenters. The van der Waals surface area contributed by atoms with E-state index in [9.17, 15) is 5.11 Å². The fraction of sp³-hybridized carbons (Fsp3) is 0.500. The molecule has 14 heavy (non-hydrogen) atoms. The quantitative estimate of drug-likeness (QED) is 0.745. The molecule has 1 aliphatic rings. The summed E-state index contributed by atoms with van der Waals surface area (Å²) in [6.07, 6.45) is 1.77. The highest BCUT2D eigenvalue weighted by Gasteiger charge is 2.26. The summed E-state index contributed by atoms with van der Waals surface area (Å²) in [4.78, 5) is 0. The summed E-state index contributed by atoms with van der Waals surface area (Å²) in [6.45, 7) is 3.00. The summed E-state index contributed by atoms with van der Waals surface area (Å²) in [5.41, 5.74) is 2.40. The minimum Gasteiger partial charge on any atom is -0.387 e. The lowest BCUT2D eigenvalue weighted by Crippen LogP contribution is -2.38. The van der Waals surface area contributed by atoms with Crippen molar-refractivity contribution in [2.45, 2.75) is 31.9 Å². The van der Waals surface area contributed by atoms with Gasteiger partial charge < -0.3 is 10.4 Å². The lowest BCUT2D eigenvalue weighted by atomic mass is 9.86. The molecule has 0 aliphatic heterocycles. The van der Waals surface area contributed by atoms with Crippen molar-refractivity contribution in [3.8, 4) is 0 Å². The van der Waals surface area contributed by atoms with E-state index < -0.39 is 0 Å². The van der Waals surface area contributed by atoms with Crippen LogP contribution in [0.25, 0.3) is 0 Å². The minimum atomic E-state index is -0.333. The molecule has 0 heterocycles. The van der Waals surface area contributed by atoms with Crippen LogP contribution in [0.4, 0.5) is 0 Å². The summed E-state index contributed by atoms with van der Waals surface area (Å²) in [7, 11) is 0. The van der Waals surface area contributed by atoms with Crippen LogP contribution in [0.1, 0.15) is 30.6 Å². The fourth-order valence-corrected chi connectivity index (χ4v) is 2.21. The molecule has 0 amide bonds. The first-order chi connectivity index (χ1) is 6.83. The van der Waals surface area contributed by atoms with Crippen LogP contribution in [-0.4, -0.2) is 17.7 Å². The number of hydrogen-bond donors (Lipinski definition) is 2. The van der Waals surface area contributed by atoms with Crippen molar-refractivity contribution in [2.75, 3.05) is 6.54 Å². The van der Waals surface area contributed by atoms with Crippen molar-refractivity contribution in [1.29, 1.82) is 0 Å². The Hall–Kier alpha value is -0.860. The zero-order valence-corrected chi connectivity index (χ0v) is 8.53.